The maximum atomic E-state index is 11.5. The number of hydrogen-bond acceptors (Lipinski definition) is 3. The Hall–Kier alpha value is -1.16. The fourth-order valence-electron chi connectivity index (χ4n) is 1.47. The van der Waals surface area contributed by atoms with E-state index in [1.165, 1.54) is 0 Å². The topological polar surface area (TPSA) is 57.8 Å². The standard InChI is InChI=1S/C13H23N3O/c1-5-6-7-11-15-10(8-12(17)16-11)9-14-13(2,3)4/h8,14H,5-7,9H2,1-4H3,(H,15,16,17). The number of H-pyrrole nitrogens is 1. The van der Waals surface area contributed by atoms with Crippen LogP contribution in [0.1, 0.15) is 52.1 Å². The van der Waals surface area contributed by atoms with Crippen molar-refractivity contribution in [2.75, 3.05) is 0 Å². The maximum absolute atomic E-state index is 11.5. The zero-order valence-electron chi connectivity index (χ0n) is 11.3. The Morgan fingerprint density at radius 1 is 1.41 bits per heavy atom. The molecular formula is C13H23N3O. The smallest absolute Gasteiger partial charge is 0.251 e. The first-order valence-electron chi connectivity index (χ1n) is 6.25. The molecule has 0 aliphatic heterocycles. The molecule has 1 aromatic heterocycles. The fourth-order valence-corrected chi connectivity index (χ4v) is 1.47. The number of nitrogens with zero attached hydrogens (tertiary/aromatic N) is 1. The molecule has 1 aromatic rings. The Kier molecular flexibility index (Phi) is 4.87. The fraction of sp³-hybridized carbons (Fsp3) is 0.692. The van der Waals surface area contributed by atoms with Gasteiger partial charge in [-0.05, 0) is 27.2 Å². The average Bonchev–Trinajstić information content (AvgIpc) is 2.22. The van der Waals surface area contributed by atoms with Crippen LogP contribution >= 0.6 is 0 Å². The molecule has 0 aromatic carbocycles. The van der Waals surface area contributed by atoms with Crippen molar-refractivity contribution in [1.29, 1.82) is 0 Å². The molecule has 0 amide bonds. The van der Waals surface area contributed by atoms with Crippen LogP contribution in [-0.4, -0.2) is 15.5 Å². The van der Waals surface area contributed by atoms with Crippen LogP contribution in [0.3, 0.4) is 0 Å². The van der Waals surface area contributed by atoms with E-state index in [4.69, 9.17) is 0 Å². The van der Waals surface area contributed by atoms with E-state index in [9.17, 15) is 4.79 Å². The zero-order chi connectivity index (χ0) is 12.9. The van der Waals surface area contributed by atoms with Crippen molar-refractivity contribution in [3.63, 3.8) is 0 Å². The lowest BCUT2D eigenvalue weighted by molar-refractivity contribution is 0.420. The van der Waals surface area contributed by atoms with Crippen molar-refractivity contribution >= 4 is 0 Å². The number of aromatic amines is 1. The van der Waals surface area contributed by atoms with Crippen LogP contribution in [0, 0.1) is 0 Å². The van der Waals surface area contributed by atoms with Gasteiger partial charge in [0, 0.05) is 24.6 Å². The molecule has 0 bridgehead atoms. The third-order valence-corrected chi connectivity index (χ3v) is 2.41. The van der Waals surface area contributed by atoms with Crippen LogP contribution in [0.25, 0.3) is 0 Å². The second-order valence-electron chi connectivity index (χ2n) is 5.39. The summed E-state index contributed by atoms with van der Waals surface area (Å²) in [7, 11) is 0. The molecule has 4 heteroatoms. The second kappa shape index (κ2) is 5.96. The summed E-state index contributed by atoms with van der Waals surface area (Å²) in [4.78, 5) is 18.7. The van der Waals surface area contributed by atoms with Gasteiger partial charge in [0.1, 0.15) is 5.82 Å². The Morgan fingerprint density at radius 3 is 2.71 bits per heavy atom. The maximum Gasteiger partial charge on any atom is 0.251 e. The number of aromatic nitrogens is 2. The summed E-state index contributed by atoms with van der Waals surface area (Å²) >= 11 is 0. The van der Waals surface area contributed by atoms with Crippen LogP contribution in [0.2, 0.25) is 0 Å². The largest absolute Gasteiger partial charge is 0.311 e. The highest BCUT2D eigenvalue weighted by Gasteiger charge is 2.09. The van der Waals surface area contributed by atoms with Crippen LogP contribution in [-0.2, 0) is 13.0 Å². The van der Waals surface area contributed by atoms with E-state index in [1.54, 1.807) is 6.07 Å². The molecule has 96 valence electrons. The molecule has 1 rings (SSSR count). The summed E-state index contributed by atoms with van der Waals surface area (Å²) in [6.07, 6.45) is 3.00. The van der Waals surface area contributed by atoms with E-state index in [-0.39, 0.29) is 11.1 Å². The third-order valence-electron chi connectivity index (χ3n) is 2.41. The van der Waals surface area contributed by atoms with Crippen molar-refractivity contribution in [2.24, 2.45) is 0 Å². The molecule has 0 aliphatic carbocycles. The van der Waals surface area contributed by atoms with Crippen LogP contribution in [0.5, 0.6) is 0 Å². The minimum absolute atomic E-state index is 0.0356. The van der Waals surface area contributed by atoms with Crippen LogP contribution in [0.15, 0.2) is 10.9 Å². The number of nitrogens with one attached hydrogen (secondary N) is 2. The van der Waals surface area contributed by atoms with E-state index in [0.29, 0.717) is 6.54 Å². The summed E-state index contributed by atoms with van der Waals surface area (Å²) in [5, 5.41) is 3.33. The van der Waals surface area contributed by atoms with Gasteiger partial charge in [0.15, 0.2) is 0 Å². The van der Waals surface area contributed by atoms with Crippen molar-refractivity contribution in [2.45, 2.75) is 59.0 Å². The molecule has 0 atom stereocenters. The zero-order valence-corrected chi connectivity index (χ0v) is 11.3. The monoisotopic (exact) mass is 237 g/mol. The molecule has 0 saturated heterocycles. The molecule has 1 heterocycles. The van der Waals surface area contributed by atoms with Gasteiger partial charge < -0.3 is 10.3 Å². The normalized spacial score (nSPS) is 11.8. The molecule has 0 radical (unpaired) electrons. The molecule has 4 nitrogen and oxygen atoms in total. The first kappa shape index (κ1) is 13.9. The van der Waals surface area contributed by atoms with Crippen molar-refractivity contribution in [3.05, 3.63) is 27.9 Å². The van der Waals surface area contributed by atoms with Gasteiger partial charge in [-0.2, -0.15) is 0 Å². The molecule has 0 fully saturated rings. The van der Waals surface area contributed by atoms with Gasteiger partial charge in [-0.3, -0.25) is 4.79 Å². The lowest BCUT2D eigenvalue weighted by atomic mass is 10.1. The highest BCUT2D eigenvalue weighted by Crippen LogP contribution is 2.02. The number of rotatable bonds is 5. The first-order valence-corrected chi connectivity index (χ1v) is 6.25. The summed E-state index contributed by atoms with van der Waals surface area (Å²) in [6, 6.07) is 1.56. The van der Waals surface area contributed by atoms with Gasteiger partial charge in [-0.1, -0.05) is 13.3 Å². The van der Waals surface area contributed by atoms with Crippen molar-refractivity contribution in [3.8, 4) is 0 Å². The molecule has 17 heavy (non-hydrogen) atoms. The Bertz CT molecular complexity index is 404. The van der Waals surface area contributed by atoms with Gasteiger partial charge in [0.2, 0.25) is 0 Å². The second-order valence-corrected chi connectivity index (χ2v) is 5.39. The quantitative estimate of drug-likeness (QED) is 0.823. The van der Waals surface area contributed by atoms with Crippen molar-refractivity contribution in [1.82, 2.24) is 15.3 Å². The predicted octanol–water partition coefficient (Wildman–Crippen LogP) is 2.00. The summed E-state index contributed by atoms with van der Waals surface area (Å²) in [6.45, 7) is 9.05. The molecule has 2 N–H and O–H groups in total. The molecule has 0 spiro atoms. The van der Waals surface area contributed by atoms with Gasteiger partial charge in [-0.25, -0.2) is 4.98 Å². The third kappa shape index (κ3) is 5.63. The molecule has 0 unspecified atom stereocenters. The molecule has 0 aliphatic rings. The highest BCUT2D eigenvalue weighted by molar-refractivity contribution is 5.03. The average molecular weight is 237 g/mol. The minimum atomic E-state index is -0.0585. The van der Waals surface area contributed by atoms with Crippen LogP contribution < -0.4 is 10.9 Å². The van der Waals surface area contributed by atoms with Gasteiger partial charge in [-0.15, -0.1) is 0 Å². The number of hydrogen-bond donors (Lipinski definition) is 2. The SMILES string of the molecule is CCCCc1nc(CNC(C)(C)C)cc(=O)[nH]1. The van der Waals surface area contributed by atoms with Gasteiger partial charge >= 0.3 is 0 Å². The number of unbranched alkanes of at least 4 members (excludes halogenated alkanes) is 1. The summed E-state index contributed by atoms with van der Waals surface area (Å²) in [5.41, 5.74) is 0.792. The van der Waals surface area contributed by atoms with E-state index >= 15 is 0 Å². The van der Waals surface area contributed by atoms with Gasteiger partial charge in [0.25, 0.3) is 5.56 Å². The Balaban J connectivity index is 2.72. The predicted molar refractivity (Wildman–Crippen MR) is 70.1 cm³/mol. The van der Waals surface area contributed by atoms with E-state index in [1.807, 2.05) is 0 Å². The summed E-state index contributed by atoms with van der Waals surface area (Å²) in [5.74, 6) is 0.796. The minimum Gasteiger partial charge on any atom is -0.311 e. The Labute approximate surface area is 103 Å². The van der Waals surface area contributed by atoms with Crippen LogP contribution in [0.4, 0.5) is 0 Å². The highest BCUT2D eigenvalue weighted by atomic mass is 16.1. The van der Waals surface area contributed by atoms with E-state index in [0.717, 1.165) is 30.8 Å². The molecular weight excluding hydrogens is 214 g/mol. The first-order chi connectivity index (χ1) is 7.90. The molecule has 0 saturated carbocycles. The Morgan fingerprint density at radius 2 is 2.12 bits per heavy atom. The lowest BCUT2D eigenvalue weighted by Crippen LogP contribution is -2.35. The number of aryl methyl sites for hydroxylation is 1. The van der Waals surface area contributed by atoms with Crippen molar-refractivity contribution < 1.29 is 0 Å². The summed E-state index contributed by atoms with van der Waals surface area (Å²) < 4.78 is 0. The van der Waals surface area contributed by atoms with E-state index in [2.05, 4.69) is 43.0 Å². The lowest BCUT2D eigenvalue weighted by Gasteiger charge is -2.20. The van der Waals surface area contributed by atoms with E-state index < -0.39 is 0 Å². The van der Waals surface area contributed by atoms with Gasteiger partial charge in [0.05, 0.1) is 5.69 Å².